The number of ether oxygens (including phenoxy) is 2. The van der Waals surface area contributed by atoms with E-state index in [0.29, 0.717) is 12.4 Å². The van der Waals surface area contributed by atoms with E-state index < -0.39 is 0 Å². The molecular formula is C22H31N5O2. The van der Waals surface area contributed by atoms with Gasteiger partial charge in [-0.15, -0.1) is 0 Å². The zero-order valence-corrected chi connectivity index (χ0v) is 17.4. The fraction of sp³-hybridized carbons (Fsp3) is 0.455. The first-order valence-electron chi connectivity index (χ1n) is 10.2. The van der Waals surface area contributed by atoms with Crippen molar-refractivity contribution in [2.45, 2.75) is 26.6 Å². The number of morpholine rings is 1. The van der Waals surface area contributed by atoms with Crippen molar-refractivity contribution in [2.24, 2.45) is 4.99 Å². The molecule has 0 saturated carbocycles. The molecule has 0 bridgehead atoms. The molecule has 29 heavy (non-hydrogen) atoms. The highest BCUT2D eigenvalue weighted by molar-refractivity contribution is 5.79. The van der Waals surface area contributed by atoms with E-state index >= 15 is 0 Å². The molecule has 1 aromatic heterocycles. The van der Waals surface area contributed by atoms with E-state index in [0.717, 1.165) is 57.5 Å². The molecule has 1 aliphatic rings. The molecule has 0 amide bonds. The molecule has 2 aromatic rings. The lowest BCUT2D eigenvalue weighted by atomic mass is 10.1. The summed E-state index contributed by atoms with van der Waals surface area (Å²) in [6, 6.07) is 12.4. The number of rotatable bonds is 8. The summed E-state index contributed by atoms with van der Waals surface area (Å²) in [5, 5.41) is 6.78. The molecule has 7 heteroatoms. The lowest BCUT2D eigenvalue weighted by molar-refractivity contribution is 0.0341. The Hall–Kier alpha value is -2.64. The Bertz CT molecular complexity index is 790. The van der Waals surface area contributed by atoms with E-state index in [2.05, 4.69) is 51.7 Å². The van der Waals surface area contributed by atoms with E-state index in [9.17, 15) is 0 Å². The van der Waals surface area contributed by atoms with Crippen molar-refractivity contribution >= 4 is 5.96 Å². The number of hydrogen-bond acceptors (Lipinski definition) is 5. The predicted molar refractivity (Wildman–Crippen MR) is 115 cm³/mol. The van der Waals surface area contributed by atoms with Crippen LogP contribution in [0.3, 0.4) is 0 Å². The molecule has 3 rings (SSSR count). The van der Waals surface area contributed by atoms with Crippen molar-refractivity contribution in [1.29, 1.82) is 0 Å². The molecule has 0 aliphatic carbocycles. The molecule has 0 spiro atoms. The first-order chi connectivity index (χ1) is 14.3. The summed E-state index contributed by atoms with van der Waals surface area (Å²) in [6.07, 6.45) is 1.74. The van der Waals surface area contributed by atoms with Crippen LogP contribution in [0.5, 0.6) is 5.88 Å². The Morgan fingerprint density at radius 1 is 1.17 bits per heavy atom. The third kappa shape index (κ3) is 6.73. The average molecular weight is 398 g/mol. The quantitative estimate of drug-likeness (QED) is 0.526. The van der Waals surface area contributed by atoms with Gasteiger partial charge in [0.15, 0.2) is 5.96 Å². The maximum atomic E-state index is 5.46. The summed E-state index contributed by atoms with van der Waals surface area (Å²) >= 11 is 0. The zero-order chi connectivity index (χ0) is 20.3. The van der Waals surface area contributed by atoms with Crippen LogP contribution in [-0.2, 0) is 24.4 Å². The summed E-state index contributed by atoms with van der Waals surface area (Å²) in [5.74, 6) is 1.40. The van der Waals surface area contributed by atoms with Gasteiger partial charge in [0, 0.05) is 45.0 Å². The van der Waals surface area contributed by atoms with E-state index in [4.69, 9.17) is 14.5 Å². The number of benzene rings is 1. The van der Waals surface area contributed by atoms with Crippen molar-refractivity contribution in [3.8, 4) is 5.88 Å². The smallest absolute Gasteiger partial charge is 0.213 e. The second-order valence-electron chi connectivity index (χ2n) is 6.91. The third-order valence-electron chi connectivity index (χ3n) is 4.83. The highest BCUT2D eigenvalue weighted by atomic mass is 16.5. The standard InChI is InChI=1S/C22H31N5O2/c1-3-23-22(25-15-18-8-9-24-21(14-18)28-2)26-16-19-6-4-5-7-20(19)17-27-10-12-29-13-11-27/h4-9,14H,3,10-13,15-17H2,1-2H3,(H2,23,25,26). The first-order valence-corrected chi connectivity index (χ1v) is 10.2. The van der Waals surface area contributed by atoms with Gasteiger partial charge in [-0.1, -0.05) is 24.3 Å². The number of guanidine groups is 1. The van der Waals surface area contributed by atoms with E-state index in [1.165, 1.54) is 11.1 Å². The molecule has 1 fully saturated rings. The summed E-state index contributed by atoms with van der Waals surface area (Å²) in [4.78, 5) is 11.3. The van der Waals surface area contributed by atoms with Crippen molar-refractivity contribution in [2.75, 3.05) is 40.0 Å². The van der Waals surface area contributed by atoms with Crippen LogP contribution in [0.2, 0.25) is 0 Å². The number of nitrogens with zero attached hydrogens (tertiary/aromatic N) is 3. The van der Waals surface area contributed by atoms with Crippen molar-refractivity contribution in [3.05, 3.63) is 59.3 Å². The SMILES string of the molecule is CCNC(=NCc1ccnc(OC)c1)NCc1ccccc1CN1CCOCC1. The minimum atomic E-state index is 0.559. The first kappa shape index (κ1) is 21.1. The third-order valence-corrected chi connectivity index (χ3v) is 4.83. The van der Waals surface area contributed by atoms with Gasteiger partial charge in [-0.25, -0.2) is 9.98 Å². The van der Waals surface area contributed by atoms with E-state index in [-0.39, 0.29) is 0 Å². The van der Waals surface area contributed by atoms with Gasteiger partial charge < -0.3 is 20.1 Å². The van der Waals surface area contributed by atoms with Crippen LogP contribution in [0.4, 0.5) is 0 Å². The maximum Gasteiger partial charge on any atom is 0.213 e. The summed E-state index contributed by atoms with van der Waals surface area (Å²) in [7, 11) is 1.62. The van der Waals surface area contributed by atoms with Gasteiger partial charge in [-0.2, -0.15) is 0 Å². The minimum Gasteiger partial charge on any atom is -0.481 e. The number of methoxy groups -OCH3 is 1. The molecule has 1 aromatic carbocycles. The Labute approximate surface area is 173 Å². The summed E-state index contributed by atoms with van der Waals surface area (Å²) in [6.45, 7) is 8.72. The molecule has 2 heterocycles. The molecule has 0 atom stereocenters. The molecule has 156 valence electrons. The number of aromatic nitrogens is 1. The number of hydrogen-bond donors (Lipinski definition) is 2. The zero-order valence-electron chi connectivity index (χ0n) is 17.4. The number of nitrogens with one attached hydrogen (secondary N) is 2. The Kier molecular flexibility index (Phi) is 8.27. The molecular weight excluding hydrogens is 366 g/mol. The van der Waals surface area contributed by atoms with Crippen LogP contribution in [0.1, 0.15) is 23.6 Å². The van der Waals surface area contributed by atoms with Crippen molar-refractivity contribution in [1.82, 2.24) is 20.5 Å². The molecule has 2 N–H and O–H groups in total. The highest BCUT2D eigenvalue weighted by Crippen LogP contribution is 2.13. The monoisotopic (exact) mass is 397 g/mol. The fourth-order valence-corrected chi connectivity index (χ4v) is 3.24. The topological polar surface area (TPSA) is 71.0 Å². The lowest BCUT2D eigenvalue weighted by Crippen LogP contribution is -2.38. The van der Waals surface area contributed by atoms with Gasteiger partial charge in [-0.05, 0) is 29.7 Å². The van der Waals surface area contributed by atoms with Crippen LogP contribution in [0.15, 0.2) is 47.6 Å². The average Bonchev–Trinajstić information content (AvgIpc) is 2.77. The molecule has 7 nitrogen and oxygen atoms in total. The van der Waals surface area contributed by atoms with E-state index in [1.807, 2.05) is 12.1 Å². The molecule has 1 saturated heterocycles. The second-order valence-corrected chi connectivity index (χ2v) is 6.91. The van der Waals surface area contributed by atoms with Crippen LogP contribution >= 0.6 is 0 Å². The largest absolute Gasteiger partial charge is 0.481 e. The van der Waals surface area contributed by atoms with Gasteiger partial charge in [0.25, 0.3) is 0 Å². The minimum absolute atomic E-state index is 0.559. The van der Waals surface area contributed by atoms with Crippen LogP contribution in [0, 0.1) is 0 Å². The van der Waals surface area contributed by atoms with E-state index in [1.54, 1.807) is 13.3 Å². The molecule has 0 unspecified atom stereocenters. The highest BCUT2D eigenvalue weighted by Gasteiger charge is 2.12. The Balaban J connectivity index is 1.62. The van der Waals surface area contributed by atoms with Crippen molar-refractivity contribution < 1.29 is 9.47 Å². The van der Waals surface area contributed by atoms with Gasteiger partial charge in [0.05, 0.1) is 26.9 Å². The van der Waals surface area contributed by atoms with Gasteiger partial charge in [0.1, 0.15) is 0 Å². The second kappa shape index (κ2) is 11.4. The van der Waals surface area contributed by atoms with Crippen LogP contribution in [0.25, 0.3) is 0 Å². The number of aliphatic imine (C=N–C) groups is 1. The normalized spacial score (nSPS) is 15.2. The summed E-state index contributed by atoms with van der Waals surface area (Å²) in [5.41, 5.74) is 3.69. The molecule has 0 radical (unpaired) electrons. The Morgan fingerprint density at radius 2 is 1.97 bits per heavy atom. The predicted octanol–water partition coefficient (Wildman–Crippen LogP) is 2.18. The Morgan fingerprint density at radius 3 is 2.72 bits per heavy atom. The van der Waals surface area contributed by atoms with Gasteiger partial charge in [-0.3, -0.25) is 4.90 Å². The van der Waals surface area contributed by atoms with Crippen molar-refractivity contribution in [3.63, 3.8) is 0 Å². The van der Waals surface area contributed by atoms with Crippen LogP contribution < -0.4 is 15.4 Å². The fourth-order valence-electron chi connectivity index (χ4n) is 3.24. The number of pyridine rings is 1. The molecule has 1 aliphatic heterocycles. The van der Waals surface area contributed by atoms with Gasteiger partial charge >= 0.3 is 0 Å². The summed E-state index contributed by atoms with van der Waals surface area (Å²) < 4.78 is 10.6. The van der Waals surface area contributed by atoms with Crippen LogP contribution in [-0.4, -0.2) is 55.8 Å². The van der Waals surface area contributed by atoms with Gasteiger partial charge in [0.2, 0.25) is 5.88 Å². The lowest BCUT2D eigenvalue weighted by Gasteiger charge is -2.27. The maximum absolute atomic E-state index is 5.46.